The van der Waals surface area contributed by atoms with Gasteiger partial charge in [0, 0.05) is 27.1 Å². The average molecular weight is 304 g/mol. The van der Waals surface area contributed by atoms with E-state index in [0.717, 1.165) is 15.6 Å². The van der Waals surface area contributed by atoms with Gasteiger partial charge in [0.2, 0.25) is 0 Å². The maximum absolute atomic E-state index is 6.32. The topological polar surface area (TPSA) is 4.93 Å². The van der Waals surface area contributed by atoms with E-state index in [1.165, 1.54) is 16.5 Å². The molecule has 3 heteroatoms. The van der Waals surface area contributed by atoms with Gasteiger partial charge in [0.1, 0.15) is 0 Å². The minimum atomic E-state index is 0.182. The average Bonchev–Trinajstić information content (AvgIpc) is 2.76. The smallest absolute Gasteiger partial charge is 0.0572 e. The predicted octanol–water partition coefficient (Wildman–Crippen LogP) is 5.87. The van der Waals surface area contributed by atoms with Gasteiger partial charge < -0.3 is 4.57 Å². The van der Waals surface area contributed by atoms with Crippen LogP contribution in [-0.2, 0) is 0 Å². The zero-order chi connectivity index (χ0) is 14.3. The molecule has 2 aromatic carbocycles. The third-order valence-electron chi connectivity index (χ3n) is 3.77. The van der Waals surface area contributed by atoms with E-state index in [4.69, 9.17) is 23.2 Å². The van der Waals surface area contributed by atoms with E-state index in [0.29, 0.717) is 0 Å². The normalized spacial score (nSPS) is 12.8. The molecule has 0 spiro atoms. The molecule has 0 aliphatic carbocycles. The van der Waals surface area contributed by atoms with Crippen molar-refractivity contribution in [1.29, 1.82) is 0 Å². The SMILES string of the molecule is Cc1cn(C(C)c2ccccc2Cl)c2ccc(Cl)cc12. The number of fused-ring (bicyclic) bond motifs is 1. The van der Waals surface area contributed by atoms with Crippen molar-refractivity contribution < 1.29 is 0 Å². The summed E-state index contributed by atoms with van der Waals surface area (Å²) in [5.74, 6) is 0. The van der Waals surface area contributed by atoms with Crippen LogP contribution in [0.3, 0.4) is 0 Å². The van der Waals surface area contributed by atoms with Gasteiger partial charge in [-0.05, 0) is 49.2 Å². The third kappa shape index (κ3) is 2.21. The maximum Gasteiger partial charge on any atom is 0.0572 e. The quantitative estimate of drug-likeness (QED) is 0.558. The van der Waals surface area contributed by atoms with Crippen molar-refractivity contribution in [3.8, 4) is 0 Å². The summed E-state index contributed by atoms with van der Waals surface area (Å²) >= 11 is 12.4. The molecular formula is C17H15Cl2N. The fraction of sp³-hybridized carbons (Fsp3) is 0.176. The standard InChI is InChI=1S/C17H15Cl2N/c1-11-10-20(17-8-7-13(18)9-15(11)17)12(2)14-5-3-4-6-16(14)19/h3-10,12H,1-2H3. The largest absolute Gasteiger partial charge is 0.340 e. The Morgan fingerprint density at radius 3 is 2.55 bits per heavy atom. The zero-order valence-electron chi connectivity index (χ0n) is 11.4. The number of halogens is 2. The molecule has 0 fully saturated rings. The van der Waals surface area contributed by atoms with Crippen LogP contribution < -0.4 is 0 Å². The highest BCUT2D eigenvalue weighted by atomic mass is 35.5. The van der Waals surface area contributed by atoms with Crippen molar-refractivity contribution >= 4 is 34.1 Å². The Bertz CT molecular complexity index is 774. The van der Waals surface area contributed by atoms with E-state index in [9.17, 15) is 0 Å². The first-order chi connectivity index (χ1) is 9.58. The van der Waals surface area contributed by atoms with Crippen LogP contribution >= 0.6 is 23.2 Å². The van der Waals surface area contributed by atoms with E-state index in [1.54, 1.807) is 0 Å². The first-order valence-corrected chi connectivity index (χ1v) is 7.34. The summed E-state index contributed by atoms with van der Waals surface area (Å²) < 4.78 is 2.25. The molecule has 0 radical (unpaired) electrons. The van der Waals surface area contributed by atoms with E-state index in [1.807, 2.05) is 30.3 Å². The Balaban J connectivity index is 2.18. The van der Waals surface area contributed by atoms with E-state index >= 15 is 0 Å². The van der Waals surface area contributed by atoms with Crippen molar-refractivity contribution in [3.05, 3.63) is 69.8 Å². The molecule has 1 atom stereocenters. The summed E-state index contributed by atoms with van der Waals surface area (Å²) in [4.78, 5) is 0. The first kappa shape index (κ1) is 13.5. The molecule has 3 aromatic rings. The van der Waals surface area contributed by atoms with Gasteiger partial charge in [-0.1, -0.05) is 41.4 Å². The van der Waals surface area contributed by atoms with Crippen molar-refractivity contribution in [2.24, 2.45) is 0 Å². The Hall–Kier alpha value is -1.44. The number of benzene rings is 2. The van der Waals surface area contributed by atoms with Crippen molar-refractivity contribution in [1.82, 2.24) is 4.57 Å². The molecule has 20 heavy (non-hydrogen) atoms. The van der Waals surface area contributed by atoms with Gasteiger partial charge in [-0.25, -0.2) is 0 Å². The van der Waals surface area contributed by atoms with Crippen LogP contribution in [0.5, 0.6) is 0 Å². The van der Waals surface area contributed by atoms with Crippen molar-refractivity contribution in [2.45, 2.75) is 19.9 Å². The summed E-state index contributed by atoms with van der Waals surface area (Å²) in [6, 6.07) is 14.2. The number of aryl methyl sites for hydroxylation is 1. The summed E-state index contributed by atoms with van der Waals surface area (Å²) in [6.07, 6.45) is 2.16. The fourth-order valence-corrected chi connectivity index (χ4v) is 3.15. The maximum atomic E-state index is 6.32. The number of aromatic nitrogens is 1. The van der Waals surface area contributed by atoms with Crippen LogP contribution in [0.2, 0.25) is 10.0 Å². The second-order valence-electron chi connectivity index (χ2n) is 5.08. The Kier molecular flexibility index (Phi) is 3.49. The summed E-state index contributed by atoms with van der Waals surface area (Å²) in [5, 5.41) is 2.76. The van der Waals surface area contributed by atoms with Gasteiger partial charge in [0.15, 0.2) is 0 Å². The summed E-state index contributed by atoms with van der Waals surface area (Å²) in [7, 11) is 0. The van der Waals surface area contributed by atoms with Crippen LogP contribution in [0.4, 0.5) is 0 Å². The van der Waals surface area contributed by atoms with Crippen molar-refractivity contribution in [2.75, 3.05) is 0 Å². The van der Waals surface area contributed by atoms with Gasteiger partial charge in [0.25, 0.3) is 0 Å². The van der Waals surface area contributed by atoms with Crippen molar-refractivity contribution in [3.63, 3.8) is 0 Å². The second-order valence-corrected chi connectivity index (χ2v) is 5.92. The van der Waals surface area contributed by atoms with Gasteiger partial charge in [-0.15, -0.1) is 0 Å². The minimum Gasteiger partial charge on any atom is -0.340 e. The minimum absolute atomic E-state index is 0.182. The van der Waals surface area contributed by atoms with E-state index in [-0.39, 0.29) is 6.04 Å². The molecule has 0 saturated carbocycles. The lowest BCUT2D eigenvalue weighted by Gasteiger charge is -2.17. The third-order valence-corrected chi connectivity index (χ3v) is 4.35. The Morgan fingerprint density at radius 2 is 1.80 bits per heavy atom. The highest BCUT2D eigenvalue weighted by molar-refractivity contribution is 6.31. The molecule has 3 rings (SSSR count). The van der Waals surface area contributed by atoms with Crippen LogP contribution in [0.15, 0.2) is 48.7 Å². The lowest BCUT2D eigenvalue weighted by Crippen LogP contribution is -2.05. The van der Waals surface area contributed by atoms with Gasteiger partial charge in [0.05, 0.1) is 6.04 Å². The zero-order valence-corrected chi connectivity index (χ0v) is 12.9. The lowest BCUT2D eigenvalue weighted by atomic mass is 10.1. The highest BCUT2D eigenvalue weighted by Gasteiger charge is 2.15. The molecule has 1 unspecified atom stereocenters. The summed E-state index contributed by atoms with van der Waals surface area (Å²) in [6.45, 7) is 4.27. The van der Waals surface area contributed by atoms with E-state index in [2.05, 4.69) is 36.7 Å². The summed E-state index contributed by atoms with van der Waals surface area (Å²) in [5.41, 5.74) is 3.53. The van der Waals surface area contributed by atoms with Gasteiger partial charge in [-0.3, -0.25) is 0 Å². The molecule has 0 amide bonds. The predicted molar refractivity (Wildman–Crippen MR) is 87.0 cm³/mol. The number of hydrogen-bond acceptors (Lipinski definition) is 0. The number of rotatable bonds is 2. The molecule has 1 nitrogen and oxygen atoms in total. The molecule has 1 aromatic heterocycles. The molecule has 0 bridgehead atoms. The Labute approximate surface area is 128 Å². The molecule has 0 N–H and O–H groups in total. The van der Waals surface area contributed by atoms with Gasteiger partial charge in [-0.2, -0.15) is 0 Å². The highest BCUT2D eigenvalue weighted by Crippen LogP contribution is 2.32. The number of nitrogens with zero attached hydrogens (tertiary/aromatic N) is 1. The molecule has 102 valence electrons. The van der Waals surface area contributed by atoms with Crippen LogP contribution in [0.25, 0.3) is 10.9 Å². The molecule has 0 aliphatic rings. The van der Waals surface area contributed by atoms with E-state index < -0.39 is 0 Å². The van der Waals surface area contributed by atoms with Gasteiger partial charge >= 0.3 is 0 Å². The van der Waals surface area contributed by atoms with Crippen LogP contribution in [0.1, 0.15) is 24.1 Å². The molecular weight excluding hydrogens is 289 g/mol. The number of hydrogen-bond donors (Lipinski definition) is 0. The molecule has 0 aliphatic heterocycles. The van der Waals surface area contributed by atoms with Crippen LogP contribution in [0, 0.1) is 6.92 Å². The monoisotopic (exact) mass is 303 g/mol. The molecule has 0 saturated heterocycles. The Morgan fingerprint density at radius 1 is 1.05 bits per heavy atom. The first-order valence-electron chi connectivity index (χ1n) is 6.59. The van der Waals surface area contributed by atoms with Crippen LogP contribution in [-0.4, -0.2) is 4.57 Å². The second kappa shape index (κ2) is 5.16. The molecule has 1 heterocycles. The fourth-order valence-electron chi connectivity index (χ4n) is 2.68. The lowest BCUT2D eigenvalue weighted by molar-refractivity contribution is 0.663.